The quantitative estimate of drug-likeness (QED) is 0.863. The van der Waals surface area contributed by atoms with Crippen LogP contribution in [-0.4, -0.2) is 22.0 Å². The number of halogens is 1. The Morgan fingerprint density at radius 1 is 1.17 bits per heavy atom. The van der Waals surface area contributed by atoms with Crippen molar-refractivity contribution in [2.45, 2.75) is 24.3 Å². The van der Waals surface area contributed by atoms with Crippen LogP contribution in [0.15, 0.2) is 51.8 Å². The highest BCUT2D eigenvalue weighted by Gasteiger charge is 2.34. The average molecular weight is 395 g/mol. The van der Waals surface area contributed by atoms with Crippen LogP contribution in [0.2, 0.25) is 0 Å². The van der Waals surface area contributed by atoms with E-state index in [1.807, 2.05) is 36.4 Å². The standard InChI is InChI=1S/C17H19BrN2O2S/c1-3-10-19-17-13-6-4-5-7-15(13)20(2)23(21,22)16-11-12(18)8-9-14(16)17/h4-9,11,17,19H,3,10H2,1-2H3. The normalized spacial score (nSPS) is 18.9. The maximum atomic E-state index is 13.0. The van der Waals surface area contributed by atoms with Crippen molar-refractivity contribution in [3.8, 4) is 0 Å². The molecule has 1 aliphatic heterocycles. The lowest BCUT2D eigenvalue weighted by molar-refractivity contribution is 0.582. The molecule has 122 valence electrons. The number of nitrogens with zero attached hydrogens (tertiary/aromatic N) is 1. The van der Waals surface area contributed by atoms with Crippen LogP contribution in [0.4, 0.5) is 5.69 Å². The van der Waals surface area contributed by atoms with Crippen molar-refractivity contribution < 1.29 is 8.42 Å². The molecule has 0 bridgehead atoms. The lowest BCUT2D eigenvalue weighted by Crippen LogP contribution is -2.26. The third-order valence-corrected chi connectivity index (χ3v) is 6.43. The molecule has 0 fully saturated rings. The van der Waals surface area contributed by atoms with Crippen LogP contribution in [0.25, 0.3) is 0 Å². The van der Waals surface area contributed by atoms with Crippen LogP contribution in [-0.2, 0) is 10.0 Å². The predicted octanol–water partition coefficient (Wildman–Crippen LogP) is 3.68. The van der Waals surface area contributed by atoms with Gasteiger partial charge in [0.2, 0.25) is 0 Å². The Bertz CT molecular complexity index is 836. The molecule has 6 heteroatoms. The van der Waals surface area contributed by atoms with Gasteiger partial charge in [0.05, 0.1) is 16.6 Å². The van der Waals surface area contributed by atoms with Crippen LogP contribution in [0.1, 0.15) is 30.5 Å². The molecule has 4 nitrogen and oxygen atoms in total. The van der Waals surface area contributed by atoms with Crippen LogP contribution >= 0.6 is 15.9 Å². The summed E-state index contributed by atoms with van der Waals surface area (Å²) in [6.45, 7) is 2.92. The molecule has 1 aliphatic rings. The molecule has 1 unspecified atom stereocenters. The van der Waals surface area contributed by atoms with E-state index in [1.165, 1.54) is 4.31 Å². The Hall–Kier alpha value is -1.37. The second-order valence-electron chi connectivity index (χ2n) is 5.60. The van der Waals surface area contributed by atoms with Gasteiger partial charge in [-0.25, -0.2) is 8.42 Å². The fourth-order valence-corrected chi connectivity index (χ4v) is 4.93. The molecule has 1 heterocycles. The number of rotatable bonds is 3. The summed E-state index contributed by atoms with van der Waals surface area (Å²) >= 11 is 3.39. The first-order valence-electron chi connectivity index (χ1n) is 7.57. The molecule has 23 heavy (non-hydrogen) atoms. The minimum Gasteiger partial charge on any atom is -0.306 e. The average Bonchev–Trinajstić information content (AvgIpc) is 2.61. The number of nitrogens with one attached hydrogen (secondary N) is 1. The lowest BCUT2D eigenvalue weighted by Gasteiger charge is -2.21. The molecule has 0 saturated carbocycles. The van der Waals surface area contributed by atoms with E-state index in [4.69, 9.17) is 0 Å². The molecule has 0 aromatic heterocycles. The highest BCUT2D eigenvalue weighted by atomic mass is 79.9. The number of hydrogen-bond donors (Lipinski definition) is 1. The van der Waals surface area contributed by atoms with Gasteiger partial charge in [-0.2, -0.15) is 0 Å². The molecule has 0 amide bonds. The monoisotopic (exact) mass is 394 g/mol. The van der Waals surface area contributed by atoms with Crippen molar-refractivity contribution >= 4 is 31.6 Å². The highest BCUT2D eigenvalue weighted by Crippen LogP contribution is 2.40. The van der Waals surface area contributed by atoms with Gasteiger partial charge in [-0.15, -0.1) is 0 Å². The molecule has 1 N–H and O–H groups in total. The number of hydrogen-bond acceptors (Lipinski definition) is 3. The van der Waals surface area contributed by atoms with Gasteiger partial charge in [-0.1, -0.05) is 47.1 Å². The van der Waals surface area contributed by atoms with Crippen LogP contribution < -0.4 is 9.62 Å². The first-order valence-corrected chi connectivity index (χ1v) is 9.80. The van der Waals surface area contributed by atoms with E-state index >= 15 is 0 Å². The van der Waals surface area contributed by atoms with Crippen LogP contribution in [0.3, 0.4) is 0 Å². The van der Waals surface area contributed by atoms with Gasteiger partial charge in [0.15, 0.2) is 0 Å². The van der Waals surface area contributed by atoms with Gasteiger partial charge >= 0.3 is 0 Å². The van der Waals surface area contributed by atoms with E-state index in [2.05, 4.69) is 28.2 Å². The molecule has 0 saturated heterocycles. The van der Waals surface area contributed by atoms with Gasteiger partial charge in [-0.3, -0.25) is 4.31 Å². The third kappa shape index (κ3) is 2.79. The molecule has 1 atom stereocenters. The van der Waals surface area contributed by atoms with Crippen LogP contribution in [0, 0.1) is 0 Å². The second kappa shape index (κ2) is 6.26. The maximum Gasteiger partial charge on any atom is 0.264 e. The maximum absolute atomic E-state index is 13.0. The SMILES string of the molecule is CCCNC1c2ccccc2N(C)S(=O)(=O)c2cc(Br)ccc21. The zero-order valence-electron chi connectivity index (χ0n) is 13.1. The second-order valence-corrected chi connectivity index (χ2v) is 8.45. The first-order chi connectivity index (χ1) is 11.0. The van der Waals surface area contributed by atoms with Crippen molar-refractivity contribution in [1.82, 2.24) is 5.32 Å². The van der Waals surface area contributed by atoms with E-state index in [0.29, 0.717) is 10.6 Å². The molecule has 0 spiro atoms. The van der Waals surface area contributed by atoms with Crippen molar-refractivity contribution in [3.05, 3.63) is 58.1 Å². The number of anilines is 1. The summed E-state index contributed by atoms with van der Waals surface area (Å²) < 4.78 is 28.2. The summed E-state index contributed by atoms with van der Waals surface area (Å²) in [6.07, 6.45) is 0.979. The van der Waals surface area contributed by atoms with Crippen molar-refractivity contribution in [1.29, 1.82) is 0 Å². The number of para-hydroxylation sites is 1. The number of fused-ring (bicyclic) bond motifs is 2. The smallest absolute Gasteiger partial charge is 0.264 e. The van der Waals surface area contributed by atoms with Crippen molar-refractivity contribution in [3.63, 3.8) is 0 Å². The van der Waals surface area contributed by atoms with Gasteiger partial charge in [0, 0.05) is 11.5 Å². The topological polar surface area (TPSA) is 49.4 Å². The minimum atomic E-state index is -3.59. The molecule has 2 aromatic carbocycles. The summed E-state index contributed by atoms with van der Waals surface area (Å²) in [5.41, 5.74) is 2.49. The summed E-state index contributed by atoms with van der Waals surface area (Å²) in [5.74, 6) is 0. The fraction of sp³-hybridized carbons (Fsp3) is 0.294. The van der Waals surface area contributed by atoms with Gasteiger partial charge < -0.3 is 5.32 Å². The van der Waals surface area contributed by atoms with Crippen molar-refractivity contribution in [2.75, 3.05) is 17.9 Å². The van der Waals surface area contributed by atoms with Gasteiger partial charge in [-0.05, 0) is 42.3 Å². The van der Waals surface area contributed by atoms with Gasteiger partial charge in [0.1, 0.15) is 0 Å². The molecule has 0 radical (unpaired) electrons. The summed E-state index contributed by atoms with van der Waals surface area (Å²) in [7, 11) is -1.98. The Labute approximate surface area is 145 Å². The molecule has 2 aromatic rings. The fourth-order valence-electron chi connectivity index (χ4n) is 2.94. The lowest BCUT2D eigenvalue weighted by atomic mass is 9.97. The largest absolute Gasteiger partial charge is 0.306 e. The van der Waals surface area contributed by atoms with E-state index in [1.54, 1.807) is 13.1 Å². The Morgan fingerprint density at radius 3 is 2.65 bits per heavy atom. The third-order valence-electron chi connectivity index (χ3n) is 4.11. The minimum absolute atomic E-state index is 0.144. The summed E-state index contributed by atoms with van der Waals surface area (Å²) in [5, 5.41) is 3.50. The molecule has 0 aliphatic carbocycles. The summed E-state index contributed by atoms with van der Waals surface area (Å²) in [6, 6.07) is 13.0. The Morgan fingerprint density at radius 2 is 1.91 bits per heavy atom. The Kier molecular flexibility index (Phi) is 4.49. The van der Waals surface area contributed by atoms with E-state index in [0.717, 1.165) is 28.6 Å². The van der Waals surface area contributed by atoms with Crippen molar-refractivity contribution in [2.24, 2.45) is 0 Å². The molecule has 3 rings (SSSR count). The van der Waals surface area contributed by atoms with Crippen LogP contribution in [0.5, 0.6) is 0 Å². The zero-order valence-corrected chi connectivity index (χ0v) is 15.5. The van der Waals surface area contributed by atoms with E-state index < -0.39 is 10.0 Å². The first kappa shape index (κ1) is 16.5. The van der Waals surface area contributed by atoms with E-state index in [-0.39, 0.29) is 6.04 Å². The zero-order chi connectivity index (χ0) is 16.6. The Balaban J connectivity index is 2.32. The highest BCUT2D eigenvalue weighted by molar-refractivity contribution is 9.10. The summed E-state index contributed by atoms with van der Waals surface area (Å²) in [4.78, 5) is 0.346. The molecular weight excluding hydrogens is 376 g/mol. The van der Waals surface area contributed by atoms with E-state index in [9.17, 15) is 8.42 Å². The number of benzene rings is 2. The predicted molar refractivity (Wildman–Crippen MR) is 96.3 cm³/mol. The molecular formula is C17H19BrN2O2S. The number of sulfonamides is 1. The van der Waals surface area contributed by atoms with Gasteiger partial charge in [0.25, 0.3) is 10.0 Å².